The fourth-order valence-corrected chi connectivity index (χ4v) is 3.61. The van der Waals surface area contributed by atoms with Crippen LogP contribution in [0.15, 0.2) is 0 Å². The van der Waals surface area contributed by atoms with E-state index < -0.39 is 0 Å². The highest BCUT2D eigenvalue weighted by atomic mass is 16.2. The van der Waals surface area contributed by atoms with Crippen LogP contribution in [0.1, 0.15) is 57.8 Å². The Morgan fingerprint density at radius 2 is 1.75 bits per heavy atom. The van der Waals surface area contributed by atoms with Crippen LogP contribution in [-0.2, 0) is 0 Å². The summed E-state index contributed by atoms with van der Waals surface area (Å²) < 4.78 is 0. The molecule has 2 rings (SSSR count). The summed E-state index contributed by atoms with van der Waals surface area (Å²) in [6.07, 6.45) is 12.2. The van der Waals surface area contributed by atoms with Crippen LogP contribution < -0.4 is 0 Å². The van der Waals surface area contributed by atoms with E-state index in [2.05, 4.69) is 4.90 Å². The van der Waals surface area contributed by atoms with E-state index in [1.54, 1.807) is 0 Å². The van der Waals surface area contributed by atoms with Gasteiger partial charge in [-0.25, -0.2) is 0 Å². The Bertz CT molecular complexity index is 195. The Morgan fingerprint density at radius 1 is 0.938 bits per heavy atom. The molecule has 2 nitrogen and oxygen atoms in total. The monoisotopic (exact) mass is 225 g/mol. The van der Waals surface area contributed by atoms with E-state index in [4.69, 9.17) is 5.11 Å². The van der Waals surface area contributed by atoms with Crippen molar-refractivity contribution in [2.24, 2.45) is 5.92 Å². The van der Waals surface area contributed by atoms with E-state index >= 15 is 0 Å². The van der Waals surface area contributed by atoms with Crippen LogP contribution in [0.25, 0.3) is 0 Å². The molecule has 0 aromatic rings. The van der Waals surface area contributed by atoms with Gasteiger partial charge in [-0.1, -0.05) is 19.3 Å². The number of aliphatic hydroxyl groups is 1. The zero-order valence-electron chi connectivity index (χ0n) is 10.5. The lowest BCUT2D eigenvalue weighted by molar-refractivity contribution is 0.111. The van der Waals surface area contributed by atoms with Crippen molar-refractivity contribution in [3.63, 3.8) is 0 Å². The van der Waals surface area contributed by atoms with E-state index in [1.165, 1.54) is 64.5 Å². The number of rotatable bonds is 6. The minimum Gasteiger partial charge on any atom is -0.396 e. The van der Waals surface area contributed by atoms with Gasteiger partial charge in [0.25, 0.3) is 0 Å². The van der Waals surface area contributed by atoms with Gasteiger partial charge in [0, 0.05) is 12.6 Å². The van der Waals surface area contributed by atoms with Gasteiger partial charge in [0.2, 0.25) is 0 Å². The molecule has 2 heteroatoms. The smallest absolute Gasteiger partial charge is 0.0431 e. The number of hydrogen-bond donors (Lipinski definition) is 1. The van der Waals surface area contributed by atoms with Gasteiger partial charge in [-0.15, -0.1) is 0 Å². The minimum atomic E-state index is 0.369. The van der Waals surface area contributed by atoms with Gasteiger partial charge in [0.05, 0.1) is 0 Å². The first-order chi connectivity index (χ1) is 7.92. The predicted molar refractivity (Wildman–Crippen MR) is 67.5 cm³/mol. The average molecular weight is 225 g/mol. The molecule has 0 aromatic heterocycles. The fraction of sp³-hybridized carbons (Fsp3) is 1.00. The van der Waals surface area contributed by atoms with Crippen molar-refractivity contribution < 1.29 is 5.11 Å². The Morgan fingerprint density at radius 3 is 2.62 bits per heavy atom. The molecule has 1 aliphatic heterocycles. The standard InChI is InChI=1S/C14H27NO/c16-12-4-2-1-3-10-15-11-6-8-13-7-5-9-14(13)15/h13-14,16H,1-12H2. The van der Waals surface area contributed by atoms with E-state index in [0.29, 0.717) is 6.61 Å². The summed E-state index contributed by atoms with van der Waals surface area (Å²) >= 11 is 0. The molecule has 1 saturated carbocycles. The SMILES string of the molecule is OCCCCCCN1CCCC2CCCC21. The maximum Gasteiger partial charge on any atom is 0.0431 e. The molecule has 16 heavy (non-hydrogen) atoms. The molecule has 1 aliphatic carbocycles. The summed E-state index contributed by atoms with van der Waals surface area (Å²) in [5.74, 6) is 1.03. The van der Waals surface area contributed by atoms with Crippen molar-refractivity contribution in [2.45, 2.75) is 63.8 Å². The normalized spacial score (nSPS) is 30.6. The highest BCUT2D eigenvalue weighted by Crippen LogP contribution is 2.36. The molecule has 2 unspecified atom stereocenters. The van der Waals surface area contributed by atoms with Gasteiger partial charge in [-0.05, 0) is 57.5 Å². The molecular formula is C14H27NO. The van der Waals surface area contributed by atoms with Crippen molar-refractivity contribution >= 4 is 0 Å². The van der Waals surface area contributed by atoms with Crippen LogP contribution in [0.2, 0.25) is 0 Å². The van der Waals surface area contributed by atoms with Gasteiger partial charge in [-0.3, -0.25) is 0 Å². The van der Waals surface area contributed by atoms with Crippen molar-refractivity contribution in [3.8, 4) is 0 Å². The topological polar surface area (TPSA) is 23.5 Å². The third-order valence-electron chi connectivity index (χ3n) is 4.46. The third kappa shape index (κ3) is 3.21. The predicted octanol–water partition coefficient (Wildman–Crippen LogP) is 2.80. The molecular weight excluding hydrogens is 198 g/mol. The number of fused-ring (bicyclic) bond motifs is 1. The molecule has 2 aliphatic rings. The Labute approximate surface area is 100 Å². The van der Waals surface area contributed by atoms with Crippen LogP contribution in [0.5, 0.6) is 0 Å². The van der Waals surface area contributed by atoms with E-state index in [1.807, 2.05) is 0 Å². The molecule has 0 bridgehead atoms. The second kappa shape index (κ2) is 6.61. The second-order valence-electron chi connectivity index (χ2n) is 5.57. The van der Waals surface area contributed by atoms with Crippen molar-refractivity contribution in [1.29, 1.82) is 0 Å². The number of piperidine rings is 1. The summed E-state index contributed by atoms with van der Waals surface area (Å²) in [5, 5.41) is 8.73. The average Bonchev–Trinajstić information content (AvgIpc) is 2.77. The highest BCUT2D eigenvalue weighted by Gasteiger charge is 2.34. The minimum absolute atomic E-state index is 0.369. The number of aliphatic hydroxyl groups excluding tert-OH is 1. The first-order valence-corrected chi connectivity index (χ1v) is 7.26. The van der Waals surface area contributed by atoms with Gasteiger partial charge in [-0.2, -0.15) is 0 Å². The summed E-state index contributed by atoms with van der Waals surface area (Å²) in [5.41, 5.74) is 0. The van der Waals surface area contributed by atoms with Crippen molar-refractivity contribution in [3.05, 3.63) is 0 Å². The number of nitrogens with zero attached hydrogens (tertiary/aromatic N) is 1. The van der Waals surface area contributed by atoms with Crippen LogP contribution in [0.3, 0.4) is 0 Å². The fourth-order valence-electron chi connectivity index (χ4n) is 3.61. The van der Waals surface area contributed by atoms with E-state index in [-0.39, 0.29) is 0 Å². The Balaban J connectivity index is 1.64. The van der Waals surface area contributed by atoms with Crippen LogP contribution in [0.4, 0.5) is 0 Å². The second-order valence-corrected chi connectivity index (χ2v) is 5.57. The summed E-state index contributed by atoms with van der Waals surface area (Å²) in [7, 11) is 0. The molecule has 0 radical (unpaired) electrons. The number of unbranched alkanes of at least 4 members (excludes halogenated alkanes) is 3. The molecule has 1 heterocycles. The maximum absolute atomic E-state index is 8.73. The molecule has 0 aromatic carbocycles. The van der Waals surface area contributed by atoms with Gasteiger partial charge in [0.1, 0.15) is 0 Å². The lowest BCUT2D eigenvalue weighted by atomic mass is 9.92. The van der Waals surface area contributed by atoms with Crippen LogP contribution >= 0.6 is 0 Å². The highest BCUT2D eigenvalue weighted by molar-refractivity contribution is 4.88. The molecule has 1 N–H and O–H groups in total. The maximum atomic E-state index is 8.73. The lowest BCUT2D eigenvalue weighted by Crippen LogP contribution is -2.42. The summed E-state index contributed by atoms with van der Waals surface area (Å²) in [6, 6.07) is 0.937. The quantitative estimate of drug-likeness (QED) is 0.703. The van der Waals surface area contributed by atoms with Gasteiger partial charge < -0.3 is 10.0 Å². The van der Waals surface area contributed by atoms with E-state index in [9.17, 15) is 0 Å². The lowest BCUT2D eigenvalue weighted by Gasteiger charge is -2.37. The van der Waals surface area contributed by atoms with Crippen molar-refractivity contribution in [2.75, 3.05) is 19.7 Å². The largest absolute Gasteiger partial charge is 0.396 e. The molecule has 94 valence electrons. The van der Waals surface area contributed by atoms with E-state index in [0.717, 1.165) is 18.4 Å². The number of likely N-dealkylation sites (tertiary alicyclic amines) is 1. The van der Waals surface area contributed by atoms with Gasteiger partial charge in [0.15, 0.2) is 0 Å². The van der Waals surface area contributed by atoms with Crippen LogP contribution in [-0.4, -0.2) is 35.7 Å². The third-order valence-corrected chi connectivity index (χ3v) is 4.46. The molecule has 0 amide bonds. The zero-order valence-corrected chi connectivity index (χ0v) is 10.5. The van der Waals surface area contributed by atoms with Crippen LogP contribution in [0, 0.1) is 5.92 Å². The molecule has 0 spiro atoms. The van der Waals surface area contributed by atoms with Gasteiger partial charge >= 0.3 is 0 Å². The molecule has 1 saturated heterocycles. The summed E-state index contributed by atoms with van der Waals surface area (Å²) in [6.45, 7) is 3.03. The first-order valence-electron chi connectivity index (χ1n) is 7.26. The first kappa shape index (κ1) is 12.4. The Hall–Kier alpha value is -0.0800. The molecule has 2 atom stereocenters. The van der Waals surface area contributed by atoms with Crippen molar-refractivity contribution in [1.82, 2.24) is 4.90 Å². The molecule has 2 fully saturated rings. The summed E-state index contributed by atoms with van der Waals surface area (Å²) in [4.78, 5) is 2.76. The Kier molecular flexibility index (Phi) is 5.11. The number of hydrogen-bond acceptors (Lipinski definition) is 2. The zero-order chi connectivity index (χ0) is 11.2.